The molecule has 0 aliphatic carbocycles. The van der Waals surface area contributed by atoms with Crippen molar-refractivity contribution in [2.24, 2.45) is 0 Å². The molecule has 1 N–H and O–H groups in total. The van der Waals surface area contributed by atoms with Crippen LogP contribution >= 0.6 is 0 Å². The van der Waals surface area contributed by atoms with Crippen LogP contribution in [0, 0.1) is 11.7 Å². The molecule has 0 bridgehead atoms. The number of aromatic nitrogens is 1. The van der Waals surface area contributed by atoms with E-state index in [2.05, 4.69) is 4.98 Å². The lowest BCUT2D eigenvalue weighted by atomic mass is 10.1. The van der Waals surface area contributed by atoms with Gasteiger partial charge in [0.25, 0.3) is 0 Å². The first-order valence-corrected chi connectivity index (χ1v) is 11.7. The standard InChI is InChI=1S/C24H27N3O2S/c1-4-24(28)27(3)22-11-7-20(8-12-22)21-9-13-23(14-10-21)30(25,29)17-15-19-6-5-16-26-18(19)2/h5-14,16,25H,4,15,17H2,1-3H3. The van der Waals surface area contributed by atoms with E-state index in [4.69, 9.17) is 4.78 Å². The number of nitrogens with one attached hydrogen (secondary N) is 1. The second-order valence-electron chi connectivity index (χ2n) is 7.25. The molecular formula is C24H27N3O2S. The lowest BCUT2D eigenvalue weighted by Gasteiger charge is -2.17. The van der Waals surface area contributed by atoms with Crippen molar-refractivity contribution in [3.8, 4) is 11.1 Å². The summed E-state index contributed by atoms with van der Waals surface area (Å²) in [6.45, 7) is 3.77. The number of carbonyl (C=O) groups excluding carboxylic acids is 1. The minimum absolute atomic E-state index is 0.0683. The van der Waals surface area contributed by atoms with Crippen LogP contribution in [0.1, 0.15) is 24.6 Å². The van der Waals surface area contributed by atoms with Crippen LogP contribution in [0.25, 0.3) is 11.1 Å². The van der Waals surface area contributed by atoms with Gasteiger partial charge in [-0.15, -0.1) is 0 Å². The van der Waals surface area contributed by atoms with Crippen molar-refractivity contribution in [1.82, 2.24) is 4.98 Å². The number of nitrogens with zero attached hydrogens (tertiary/aromatic N) is 2. The lowest BCUT2D eigenvalue weighted by molar-refractivity contribution is -0.118. The second-order valence-corrected chi connectivity index (χ2v) is 9.49. The first kappa shape index (κ1) is 21.7. The summed E-state index contributed by atoms with van der Waals surface area (Å²) in [7, 11) is -1.11. The summed E-state index contributed by atoms with van der Waals surface area (Å²) in [5, 5.41) is 0. The van der Waals surface area contributed by atoms with Gasteiger partial charge in [-0.25, -0.2) is 8.99 Å². The van der Waals surface area contributed by atoms with Crippen molar-refractivity contribution >= 4 is 21.3 Å². The molecule has 1 heterocycles. The van der Waals surface area contributed by atoms with E-state index >= 15 is 0 Å². The summed E-state index contributed by atoms with van der Waals surface area (Å²) in [4.78, 5) is 18.3. The zero-order valence-corrected chi connectivity index (χ0v) is 18.4. The Morgan fingerprint density at radius 1 is 1.03 bits per heavy atom. The second kappa shape index (κ2) is 9.22. The first-order chi connectivity index (χ1) is 14.3. The number of hydrogen-bond donors (Lipinski definition) is 1. The van der Waals surface area contributed by atoms with Gasteiger partial charge in [-0.1, -0.05) is 37.3 Å². The predicted molar refractivity (Wildman–Crippen MR) is 122 cm³/mol. The Balaban J connectivity index is 1.72. The Kier molecular flexibility index (Phi) is 6.67. The molecule has 3 rings (SSSR count). The van der Waals surface area contributed by atoms with E-state index < -0.39 is 9.73 Å². The van der Waals surface area contributed by atoms with E-state index in [-0.39, 0.29) is 11.7 Å². The number of pyridine rings is 1. The average molecular weight is 422 g/mol. The SMILES string of the molecule is CCC(=O)N(C)c1ccc(-c2ccc(S(=N)(=O)CCc3cccnc3C)cc2)cc1. The Morgan fingerprint density at radius 3 is 2.20 bits per heavy atom. The molecule has 1 amide bonds. The molecule has 156 valence electrons. The van der Waals surface area contributed by atoms with E-state index in [9.17, 15) is 9.00 Å². The van der Waals surface area contributed by atoms with Crippen LogP contribution in [0.4, 0.5) is 5.69 Å². The third-order valence-electron chi connectivity index (χ3n) is 5.27. The highest BCUT2D eigenvalue weighted by atomic mass is 32.2. The summed E-state index contributed by atoms with van der Waals surface area (Å²) in [5.41, 5.74) is 4.78. The fraction of sp³-hybridized carbons (Fsp3) is 0.250. The molecule has 30 heavy (non-hydrogen) atoms. The van der Waals surface area contributed by atoms with Gasteiger partial charge in [0.15, 0.2) is 0 Å². The van der Waals surface area contributed by atoms with Crippen LogP contribution in [0.5, 0.6) is 0 Å². The summed E-state index contributed by atoms with van der Waals surface area (Å²) >= 11 is 0. The highest BCUT2D eigenvalue weighted by Gasteiger charge is 2.13. The Bertz CT molecular complexity index is 1120. The number of aryl methyl sites for hydroxylation is 2. The maximum Gasteiger partial charge on any atom is 0.226 e. The minimum Gasteiger partial charge on any atom is -0.316 e. The zero-order valence-electron chi connectivity index (χ0n) is 17.6. The van der Waals surface area contributed by atoms with E-state index in [0.29, 0.717) is 17.7 Å². The Labute approximate surface area is 178 Å². The van der Waals surface area contributed by atoms with Crippen molar-refractivity contribution in [2.45, 2.75) is 31.6 Å². The monoisotopic (exact) mass is 421 g/mol. The van der Waals surface area contributed by atoms with Crippen LogP contribution in [0.3, 0.4) is 0 Å². The van der Waals surface area contributed by atoms with Crippen LogP contribution in [-0.4, -0.2) is 27.9 Å². The van der Waals surface area contributed by atoms with Gasteiger partial charge in [0.2, 0.25) is 5.91 Å². The smallest absolute Gasteiger partial charge is 0.226 e. The third kappa shape index (κ3) is 4.94. The van der Waals surface area contributed by atoms with Crippen LogP contribution < -0.4 is 4.90 Å². The summed E-state index contributed by atoms with van der Waals surface area (Å²) in [5.74, 6) is 0.338. The third-order valence-corrected chi connectivity index (χ3v) is 7.09. The molecule has 0 fully saturated rings. The van der Waals surface area contributed by atoms with Crippen LogP contribution in [-0.2, 0) is 20.9 Å². The molecule has 0 saturated carbocycles. The number of rotatable bonds is 7. The van der Waals surface area contributed by atoms with Crippen molar-refractivity contribution in [3.63, 3.8) is 0 Å². The van der Waals surface area contributed by atoms with Crippen LogP contribution in [0.2, 0.25) is 0 Å². The molecule has 0 saturated heterocycles. The fourth-order valence-corrected chi connectivity index (χ4v) is 4.60. The molecule has 2 aromatic carbocycles. The van der Waals surface area contributed by atoms with Gasteiger partial charge >= 0.3 is 0 Å². The summed E-state index contributed by atoms with van der Waals surface area (Å²) in [6.07, 6.45) is 2.77. The van der Waals surface area contributed by atoms with Crippen molar-refractivity contribution in [1.29, 1.82) is 4.78 Å². The lowest BCUT2D eigenvalue weighted by Crippen LogP contribution is -2.24. The van der Waals surface area contributed by atoms with Crippen molar-refractivity contribution in [3.05, 3.63) is 78.1 Å². The minimum atomic E-state index is -2.88. The van der Waals surface area contributed by atoms with Gasteiger partial charge in [-0.05, 0) is 60.4 Å². The topological polar surface area (TPSA) is 74.1 Å². The van der Waals surface area contributed by atoms with E-state index in [1.807, 2.05) is 62.4 Å². The molecule has 1 unspecified atom stereocenters. The van der Waals surface area contributed by atoms with Crippen molar-refractivity contribution < 1.29 is 9.00 Å². The van der Waals surface area contributed by atoms with Gasteiger partial charge in [0, 0.05) is 41.7 Å². The maximum atomic E-state index is 12.9. The molecule has 1 aromatic heterocycles. The maximum absolute atomic E-state index is 12.9. The number of hydrogen-bond acceptors (Lipinski definition) is 4. The molecule has 3 aromatic rings. The number of carbonyl (C=O) groups is 1. The molecule has 0 aliphatic rings. The first-order valence-electron chi connectivity index (χ1n) is 9.96. The van der Waals surface area contributed by atoms with Crippen molar-refractivity contribution in [2.75, 3.05) is 17.7 Å². The molecule has 5 nitrogen and oxygen atoms in total. The highest BCUT2D eigenvalue weighted by molar-refractivity contribution is 7.92. The van der Waals surface area contributed by atoms with Gasteiger partial charge < -0.3 is 4.90 Å². The number of benzene rings is 2. The number of amides is 1. The summed E-state index contributed by atoms with van der Waals surface area (Å²) in [6, 6.07) is 19.0. The molecule has 0 radical (unpaired) electrons. The van der Waals surface area contributed by atoms with E-state index in [1.165, 1.54) is 0 Å². The predicted octanol–water partition coefficient (Wildman–Crippen LogP) is 5.08. The highest BCUT2D eigenvalue weighted by Crippen LogP contribution is 2.25. The van der Waals surface area contributed by atoms with Crippen LogP contribution in [0.15, 0.2) is 71.8 Å². The molecule has 0 spiro atoms. The van der Waals surface area contributed by atoms with Gasteiger partial charge in [0.1, 0.15) is 0 Å². The zero-order chi connectivity index (χ0) is 21.7. The quantitative estimate of drug-likeness (QED) is 0.578. The average Bonchev–Trinajstić information content (AvgIpc) is 2.77. The van der Waals surface area contributed by atoms with Gasteiger partial charge in [-0.3, -0.25) is 9.78 Å². The van der Waals surface area contributed by atoms with E-state index in [0.717, 1.165) is 28.1 Å². The Morgan fingerprint density at radius 2 is 1.63 bits per heavy atom. The normalized spacial score (nSPS) is 12.9. The molecule has 0 aliphatic heterocycles. The van der Waals surface area contributed by atoms with Gasteiger partial charge in [-0.2, -0.15) is 0 Å². The molecule has 1 atom stereocenters. The molecular weight excluding hydrogens is 394 g/mol. The van der Waals surface area contributed by atoms with Gasteiger partial charge in [0.05, 0.1) is 9.73 Å². The Hall–Kier alpha value is -2.99. The molecule has 6 heteroatoms. The van der Waals surface area contributed by atoms with E-state index in [1.54, 1.807) is 30.3 Å². The number of anilines is 1. The fourth-order valence-electron chi connectivity index (χ4n) is 3.28. The summed E-state index contributed by atoms with van der Waals surface area (Å²) < 4.78 is 21.3. The largest absolute Gasteiger partial charge is 0.316 e.